The molecule has 21 heavy (non-hydrogen) atoms. The molecule has 6 nitrogen and oxygen atoms in total. The summed E-state index contributed by atoms with van der Waals surface area (Å²) in [5.74, 6) is 0. The van der Waals surface area contributed by atoms with Crippen LogP contribution in [-0.4, -0.2) is 45.7 Å². The third kappa shape index (κ3) is 1.82. The van der Waals surface area contributed by atoms with Crippen molar-refractivity contribution in [1.29, 1.82) is 0 Å². The number of likely N-dealkylation sites (tertiary alicyclic amines) is 1. The molecule has 2 aliphatic heterocycles. The number of aromatic amines is 1. The van der Waals surface area contributed by atoms with Crippen LogP contribution in [0, 0.1) is 0 Å². The Morgan fingerprint density at radius 2 is 2.19 bits per heavy atom. The van der Waals surface area contributed by atoms with Crippen molar-refractivity contribution < 1.29 is 9.90 Å². The zero-order valence-corrected chi connectivity index (χ0v) is 11.7. The molecule has 6 heteroatoms. The number of nitrogens with one attached hydrogen (secondary N) is 2. The fourth-order valence-corrected chi connectivity index (χ4v) is 3.89. The standard InChI is InChI=1S/C15H18N4O2/c20-14(21)19-5-2-15(3-6-19)9-16-7-10-8-18-13-11(12(10)15)1-4-17-13/h1,4,8,16H,2-3,5-7,9H2,(H,17,18)(H,20,21). The molecule has 2 aromatic heterocycles. The summed E-state index contributed by atoms with van der Waals surface area (Å²) >= 11 is 0. The lowest BCUT2D eigenvalue weighted by atomic mass is 9.69. The normalized spacial score (nSPS) is 20.7. The van der Waals surface area contributed by atoms with Crippen molar-refractivity contribution in [2.45, 2.75) is 24.8 Å². The van der Waals surface area contributed by atoms with E-state index in [2.05, 4.69) is 21.4 Å². The van der Waals surface area contributed by atoms with Gasteiger partial charge in [0.1, 0.15) is 5.65 Å². The molecule has 1 spiro atoms. The lowest BCUT2D eigenvalue weighted by Crippen LogP contribution is -2.51. The minimum atomic E-state index is -0.810. The maximum Gasteiger partial charge on any atom is 0.407 e. The van der Waals surface area contributed by atoms with Gasteiger partial charge in [0.05, 0.1) is 0 Å². The van der Waals surface area contributed by atoms with Gasteiger partial charge in [0.2, 0.25) is 0 Å². The molecule has 1 fully saturated rings. The quantitative estimate of drug-likeness (QED) is 0.688. The molecule has 4 rings (SSSR count). The summed E-state index contributed by atoms with van der Waals surface area (Å²) in [4.78, 5) is 20.3. The smallest absolute Gasteiger partial charge is 0.407 e. The number of carbonyl (C=O) groups is 1. The SMILES string of the molecule is O=C(O)N1CCC2(CC1)CNCc1cnc3[nH]ccc3c12. The number of nitrogens with zero attached hydrogens (tertiary/aromatic N) is 2. The number of rotatable bonds is 0. The van der Waals surface area contributed by atoms with E-state index in [9.17, 15) is 4.79 Å². The van der Waals surface area contributed by atoms with Crippen LogP contribution < -0.4 is 5.32 Å². The zero-order chi connectivity index (χ0) is 14.4. The highest BCUT2D eigenvalue weighted by molar-refractivity contribution is 5.82. The summed E-state index contributed by atoms with van der Waals surface area (Å²) in [6.07, 6.45) is 4.80. The lowest BCUT2D eigenvalue weighted by Gasteiger charge is -2.45. The molecule has 0 aromatic carbocycles. The van der Waals surface area contributed by atoms with E-state index >= 15 is 0 Å². The van der Waals surface area contributed by atoms with Crippen LogP contribution in [0.3, 0.4) is 0 Å². The second-order valence-corrected chi connectivity index (χ2v) is 6.05. The fraction of sp³-hybridized carbons (Fsp3) is 0.467. The summed E-state index contributed by atoms with van der Waals surface area (Å²) in [7, 11) is 0. The third-order valence-electron chi connectivity index (χ3n) is 4.97. The average Bonchev–Trinajstić information content (AvgIpc) is 2.96. The lowest BCUT2D eigenvalue weighted by molar-refractivity contribution is 0.114. The van der Waals surface area contributed by atoms with Crippen LogP contribution in [0.5, 0.6) is 0 Å². The van der Waals surface area contributed by atoms with Gasteiger partial charge in [0.25, 0.3) is 0 Å². The van der Waals surface area contributed by atoms with Crippen LogP contribution in [0.15, 0.2) is 18.5 Å². The first-order valence-electron chi connectivity index (χ1n) is 7.34. The number of carboxylic acid groups (broad SMARTS) is 1. The topological polar surface area (TPSA) is 81.2 Å². The molecule has 0 atom stereocenters. The molecular formula is C15H18N4O2. The molecule has 3 N–H and O–H groups in total. The molecule has 0 aliphatic carbocycles. The van der Waals surface area contributed by atoms with Crippen molar-refractivity contribution in [1.82, 2.24) is 20.2 Å². The van der Waals surface area contributed by atoms with Gasteiger partial charge in [-0.15, -0.1) is 0 Å². The molecule has 0 bridgehead atoms. The van der Waals surface area contributed by atoms with E-state index in [-0.39, 0.29) is 5.41 Å². The van der Waals surface area contributed by atoms with Crippen LogP contribution in [0.4, 0.5) is 4.79 Å². The molecule has 0 radical (unpaired) electrons. The van der Waals surface area contributed by atoms with E-state index < -0.39 is 6.09 Å². The Balaban J connectivity index is 1.79. The highest BCUT2D eigenvalue weighted by Crippen LogP contribution is 2.42. The third-order valence-corrected chi connectivity index (χ3v) is 4.97. The van der Waals surface area contributed by atoms with Gasteiger partial charge in [-0.05, 0) is 30.0 Å². The van der Waals surface area contributed by atoms with E-state index in [0.717, 1.165) is 31.6 Å². The predicted octanol–water partition coefficient (Wildman–Crippen LogP) is 1.68. The fourth-order valence-electron chi connectivity index (χ4n) is 3.89. The van der Waals surface area contributed by atoms with Gasteiger partial charge in [-0.1, -0.05) is 0 Å². The summed E-state index contributed by atoms with van der Waals surface area (Å²) < 4.78 is 0. The second-order valence-electron chi connectivity index (χ2n) is 6.05. The Morgan fingerprint density at radius 1 is 1.38 bits per heavy atom. The van der Waals surface area contributed by atoms with Crippen LogP contribution in [0.1, 0.15) is 24.0 Å². The Labute approximate surface area is 122 Å². The highest BCUT2D eigenvalue weighted by Gasteiger charge is 2.41. The van der Waals surface area contributed by atoms with Crippen molar-refractivity contribution >= 4 is 17.1 Å². The first-order chi connectivity index (χ1) is 10.2. The second kappa shape index (κ2) is 4.46. The van der Waals surface area contributed by atoms with Gasteiger partial charge in [0.15, 0.2) is 0 Å². The maximum absolute atomic E-state index is 11.1. The number of piperidine rings is 1. The zero-order valence-electron chi connectivity index (χ0n) is 11.7. The summed E-state index contributed by atoms with van der Waals surface area (Å²) in [5.41, 5.74) is 3.58. The van der Waals surface area contributed by atoms with Crippen LogP contribution in [-0.2, 0) is 12.0 Å². The van der Waals surface area contributed by atoms with E-state index in [1.54, 1.807) is 0 Å². The number of H-pyrrole nitrogens is 1. The minimum absolute atomic E-state index is 0.0307. The highest BCUT2D eigenvalue weighted by atomic mass is 16.4. The maximum atomic E-state index is 11.1. The van der Waals surface area contributed by atoms with Gasteiger partial charge >= 0.3 is 6.09 Å². The molecule has 1 amide bonds. The average molecular weight is 286 g/mol. The Hall–Kier alpha value is -2.08. The summed E-state index contributed by atoms with van der Waals surface area (Å²) in [6, 6.07) is 2.10. The van der Waals surface area contributed by atoms with Gasteiger partial charge in [0, 0.05) is 49.4 Å². The number of amides is 1. The van der Waals surface area contributed by atoms with Crippen molar-refractivity contribution in [3.8, 4) is 0 Å². The van der Waals surface area contributed by atoms with Crippen LogP contribution in [0.2, 0.25) is 0 Å². The van der Waals surface area contributed by atoms with Crippen molar-refractivity contribution in [2.24, 2.45) is 0 Å². The molecular weight excluding hydrogens is 268 g/mol. The summed E-state index contributed by atoms with van der Waals surface area (Å²) in [6.45, 7) is 2.96. The monoisotopic (exact) mass is 286 g/mol. The van der Waals surface area contributed by atoms with E-state index in [0.29, 0.717) is 13.1 Å². The largest absolute Gasteiger partial charge is 0.465 e. The predicted molar refractivity (Wildman–Crippen MR) is 78.3 cm³/mol. The number of fused-ring (bicyclic) bond motifs is 4. The van der Waals surface area contributed by atoms with Gasteiger partial charge in [-0.25, -0.2) is 9.78 Å². The van der Waals surface area contributed by atoms with Crippen molar-refractivity contribution in [3.05, 3.63) is 29.6 Å². The first-order valence-corrected chi connectivity index (χ1v) is 7.34. The van der Waals surface area contributed by atoms with Crippen molar-refractivity contribution in [2.75, 3.05) is 19.6 Å². The molecule has 110 valence electrons. The number of aromatic nitrogens is 2. The van der Waals surface area contributed by atoms with Crippen molar-refractivity contribution in [3.63, 3.8) is 0 Å². The molecule has 1 saturated heterocycles. The molecule has 0 unspecified atom stereocenters. The molecule has 4 heterocycles. The van der Waals surface area contributed by atoms with E-state index in [1.807, 2.05) is 12.4 Å². The Kier molecular flexibility index (Phi) is 2.68. The first kappa shape index (κ1) is 12.6. The van der Waals surface area contributed by atoms with Crippen LogP contribution in [0.25, 0.3) is 11.0 Å². The number of pyridine rings is 1. The molecule has 2 aliphatic rings. The number of hydrogen-bond donors (Lipinski definition) is 3. The van der Waals surface area contributed by atoms with Gasteiger partial charge < -0.3 is 20.3 Å². The van der Waals surface area contributed by atoms with E-state index in [4.69, 9.17) is 5.11 Å². The number of hydrogen-bond acceptors (Lipinski definition) is 3. The van der Waals surface area contributed by atoms with Gasteiger partial charge in [-0.2, -0.15) is 0 Å². The minimum Gasteiger partial charge on any atom is -0.465 e. The van der Waals surface area contributed by atoms with Gasteiger partial charge in [-0.3, -0.25) is 0 Å². The Morgan fingerprint density at radius 3 is 2.95 bits per heavy atom. The van der Waals surface area contributed by atoms with Crippen LogP contribution >= 0.6 is 0 Å². The molecule has 2 aromatic rings. The molecule has 0 saturated carbocycles. The van der Waals surface area contributed by atoms with E-state index in [1.165, 1.54) is 21.4 Å². The Bertz CT molecular complexity index is 701. The summed E-state index contributed by atoms with van der Waals surface area (Å²) in [5, 5.41) is 13.8.